The molecule has 3 atom stereocenters. The Bertz CT molecular complexity index is 712. The lowest BCUT2D eigenvalue weighted by molar-refractivity contribution is -0.372. The van der Waals surface area contributed by atoms with E-state index in [0.717, 1.165) is 0 Å². The topological polar surface area (TPSA) is 63.6 Å². The lowest BCUT2D eigenvalue weighted by Gasteiger charge is -2.42. The van der Waals surface area contributed by atoms with Gasteiger partial charge in [0.15, 0.2) is 0 Å². The van der Waals surface area contributed by atoms with Crippen LogP contribution in [0, 0.1) is 17.3 Å². The van der Waals surface area contributed by atoms with Crippen molar-refractivity contribution in [3.63, 3.8) is 0 Å². The first-order valence-electron chi connectivity index (χ1n) is 9.80. The van der Waals surface area contributed by atoms with E-state index >= 15 is 0 Å². The maximum atomic E-state index is 13.0. The molecule has 0 amide bonds. The fourth-order valence-electron chi connectivity index (χ4n) is 4.27. The molecule has 4 nitrogen and oxygen atoms in total. The van der Waals surface area contributed by atoms with Gasteiger partial charge in [0.25, 0.3) is 15.7 Å². The summed E-state index contributed by atoms with van der Waals surface area (Å²) in [5.74, 6) is -1.64. The second-order valence-electron chi connectivity index (χ2n) is 9.78. The molecule has 3 unspecified atom stereocenters. The second-order valence-corrected chi connectivity index (χ2v) is 11.8. The standard InChI is InChI=1S/C19H32F6O4S/c1-8-13(9-12(2)10-17(26,18(20,21)22)19(23,24)25)11-16(7)14(3,4)15(5,6)29-30(16,27)28/h12-13,26H,8-11H2,1-7H3. The Balaban J connectivity index is 3.13. The molecule has 0 aromatic heterocycles. The second kappa shape index (κ2) is 7.79. The Labute approximate surface area is 174 Å². The molecule has 1 aliphatic rings. The van der Waals surface area contributed by atoms with Crippen LogP contribution in [0.4, 0.5) is 26.3 Å². The molecule has 30 heavy (non-hydrogen) atoms. The van der Waals surface area contributed by atoms with Crippen LogP contribution in [0.25, 0.3) is 0 Å². The fourth-order valence-corrected chi connectivity index (χ4v) is 6.52. The summed E-state index contributed by atoms with van der Waals surface area (Å²) in [6.07, 6.45) is -13.0. The van der Waals surface area contributed by atoms with Gasteiger partial charge in [0.1, 0.15) is 4.75 Å². The zero-order valence-electron chi connectivity index (χ0n) is 18.3. The normalized spacial score (nSPS) is 28.3. The van der Waals surface area contributed by atoms with Crippen molar-refractivity contribution in [1.29, 1.82) is 0 Å². The molecule has 0 bridgehead atoms. The highest BCUT2D eigenvalue weighted by Crippen LogP contribution is 2.58. The number of halogens is 6. The number of alkyl halides is 6. The fraction of sp³-hybridized carbons (Fsp3) is 1.00. The molecule has 1 fully saturated rings. The Morgan fingerprint density at radius 3 is 1.70 bits per heavy atom. The highest BCUT2D eigenvalue weighted by molar-refractivity contribution is 7.88. The lowest BCUT2D eigenvalue weighted by Crippen LogP contribution is -2.57. The minimum atomic E-state index is -5.87. The maximum Gasteiger partial charge on any atom is 0.426 e. The van der Waals surface area contributed by atoms with E-state index in [0.29, 0.717) is 6.42 Å². The van der Waals surface area contributed by atoms with E-state index < -0.39 is 62.1 Å². The van der Waals surface area contributed by atoms with E-state index in [1.807, 2.05) is 0 Å². The van der Waals surface area contributed by atoms with Gasteiger partial charge in [-0.05, 0) is 51.9 Å². The predicted octanol–water partition coefficient (Wildman–Crippen LogP) is 5.60. The summed E-state index contributed by atoms with van der Waals surface area (Å²) >= 11 is 0. The van der Waals surface area contributed by atoms with E-state index in [-0.39, 0.29) is 12.8 Å². The molecule has 0 aliphatic carbocycles. The van der Waals surface area contributed by atoms with Gasteiger partial charge in [0.2, 0.25) is 0 Å². The van der Waals surface area contributed by atoms with Crippen LogP contribution in [-0.2, 0) is 14.3 Å². The molecule has 0 aromatic rings. The largest absolute Gasteiger partial charge is 0.426 e. The summed E-state index contributed by atoms with van der Waals surface area (Å²) in [7, 11) is -4.03. The molecule has 0 aromatic carbocycles. The van der Waals surface area contributed by atoms with E-state index in [4.69, 9.17) is 4.18 Å². The Morgan fingerprint density at radius 2 is 1.40 bits per heavy atom. The summed E-state index contributed by atoms with van der Waals surface area (Å²) in [5, 5.41) is 9.44. The van der Waals surface area contributed by atoms with Crippen LogP contribution < -0.4 is 0 Å². The molecule has 11 heteroatoms. The van der Waals surface area contributed by atoms with Crippen molar-refractivity contribution in [3.8, 4) is 0 Å². The van der Waals surface area contributed by atoms with Crippen LogP contribution in [0.1, 0.15) is 74.1 Å². The van der Waals surface area contributed by atoms with Gasteiger partial charge in [-0.1, -0.05) is 34.1 Å². The van der Waals surface area contributed by atoms with Gasteiger partial charge in [-0.15, -0.1) is 0 Å². The van der Waals surface area contributed by atoms with Gasteiger partial charge >= 0.3 is 12.4 Å². The first kappa shape index (κ1) is 27.5. The first-order valence-corrected chi connectivity index (χ1v) is 11.2. The quantitative estimate of drug-likeness (QED) is 0.389. The molecule has 1 saturated heterocycles. The average molecular weight is 471 g/mol. The third-order valence-corrected chi connectivity index (χ3v) is 9.69. The summed E-state index contributed by atoms with van der Waals surface area (Å²) in [6.45, 7) is 11.1. The first-order chi connectivity index (χ1) is 13.0. The molecular weight excluding hydrogens is 438 g/mol. The molecule has 0 radical (unpaired) electrons. The summed E-state index contributed by atoms with van der Waals surface area (Å²) in [5.41, 5.74) is -6.71. The van der Waals surface area contributed by atoms with Gasteiger partial charge in [0.05, 0.1) is 5.60 Å². The molecule has 0 saturated carbocycles. The van der Waals surface area contributed by atoms with Crippen LogP contribution in [-0.4, -0.2) is 41.8 Å². The summed E-state index contributed by atoms with van der Waals surface area (Å²) < 4.78 is 107. The zero-order valence-corrected chi connectivity index (χ0v) is 19.1. The number of aliphatic hydroxyl groups is 1. The maximum absolute atomic E-state index is 13.0. The molecular formula is C19H32F6O4S. The highest BCUT2D eigenvalue weighted by atomic mass is 32.2. The average Bonchev–Trinajstić information content (AvgIpc) is 2.58. The molecule has 1 rings (SSSR count). The Kier molecular flexibility index (Phi) is 7.14. The van der Waals surface area contributed by atoms with Crippen LogP contribution in [0.5, 0.6) is 0 Å². The van der Waals surface area contributed by atoms with Crippen molar-refractivity contribution in [2.24, 2.45) is 17.3 Å². The van der Waals surface area contributed by atoms with Crippen molar-refractivity contribution < 1.29 is 44.0 Å². The van der Waals surface area contributed by atoms with Crippen molar-refractivity contribution in [2.45, 2.75) is 102 Å². The summed E-state index contributed by atoms with van der Waals surface area (Å²) in [4.78, 5) is 0. The zero-order chi connectivity index (χ0) is 24.2. The lowest BCUT2D eigenvalue weighted by atomic mass is 9.65. The van der Waals surface area contributed by atoms with Crippen molar-refractivity contribution >= 4 is 10.1 Å². The molecule has 1 N–H and O–H groups in total. The molecule has 1 heterocycles. The Hall–Kier alpha value is -0.550. The van der Waals surface area contributed by atoms with Crippen LogP contribution in [0.3, 0.4) is 0 Å². The van der Waals surface area contributed by atoms with E-state index in [1.165, 1.54) is 13.8 Å². The van der Waals surface area contributed by atoms with Crippen molar-refractivity contribution in [2.75, 3.05) is 0 Å². The molecule has 1 aliphatic heterocycles. The van der Waals surface area contributed by atoms with Crippen molar-refractivity contribution in [1.82, 2.24) is 0 Å². The van der Waals surface area contributed by atoms with Crippen LogP contribution >= 0.6 is 0 Å². The monoisotopic (exact) mass is 470 g/mol. The van der Waals surface area contributed by atoms with Gasteiger partial charge in [0, 0.05) is 5.41 Å². The number of hydrogen-bond acceptors (Lipinski definition) is 4. The van der Waals surface area contributed by atoms with Crippen LogP contribution in [0.2, 0.25) is 0 Å². The third-order valence-electron chi connectivity index (χ3n) is 7.27. The summed E-state index contributed by atoms with van der Waals surface area (Å²) in [6, 6.07) is 0. The van der Waals surface area contributed by atoms with Gasteiger partial charge < -0.3 is 5.11 Å². The van der Waals surface area contributed by atoms with E-state index in [1.54, 1.807) is 34.6 Å². The smallest absolute Gasteiger partial charge is 0.374 e. The van der Waals surface area contributed by atoms with Gasteiger partial charge in [-0.3, -0.25) is 4.18 Å². The third kappa shape index (κ3) is 4.35. The highest BCUT2D eigenvalue weighted by Gasteiger charge is 2.70. The van der Waals surface area contributed by atoms with E-state index in [2.05, 4.69) is 0 Å². The minimum Gasteiger partial charge on any atom is -0.374 e. The van der Waals surface area contributed by atoms with Gasteiger partial charge in [-0.2, -0.15) is 34.8 Å². The number of rotatable bonds is 7. The van der Waals surface area contributed by atoms with E-state index in [9.17, 15) is 39.9 Å². The minimum absolute atomic E-state index is 0.0169. The van der Waals surface area contributed by atoms with Crippen LogP contribution in [0.15, 0.2) is 0 Å². The molecule has 180 valence electrons. The number of hydrogen-bond donors (Lipinski definition) is 1. The SMILES string of the molecule is CCC(CC(C)CC(O)(C(F)(F)F)C(F)(F)F)CC1(C)C(C)(C)C(C)(C)OS1(=O)=O. The Morgan fingerprint density at radius 1 is 0.967 bits per heavy atom. The van der Waals surface area contributed by atoms with Crippen molar-refractivity contribution in [3.05, 3.63) is 0 Å². The predicted molar refractivity (Wildman–Crippen MR) is 100 cm³/mol. The molecule has 0 spiro atoms. The van der Waals surface area contributed by atoms with Gasteiger partial charge in [-0.25, -0.2) is 0 Å².